The van der Waals surface area contributed by atoms with Crippen molar-refractivity contribution >= 4 is 0 Å². The third-order valence-electron chi connectivity index (χ3n) is 1.19. The third-order valence-corrected chi connectivity index (χ3v) is 1.19. The maximum absolute atomic E-state index is 8.43. The molecule has 0 amide bonds. The number of nitriles is 1. The molecule has 0 bridgehead atoms. The van der Waals surface area contributed by atoms with Gasteiger partial charge in [0.15, 0.2) is 0 Å². The van der Waals surface area contributed by atoms with Gasteiger partial charge in [-0.15, -0.1) is 0 Å². The number of aromatic nitrogens is 2. The highest BCUT2D eigenvalue weighted by Gasteiger charge is 1.95. The summed E-state index contributed by atoms with van der Waals surface area (Å²) in [5, 5.41) is 8.43. The first-order valence-corrected chi connectivity index (χ1v) is 4.71. The zero-order valence-corrected chi connectivity index (χ0v) is 8.82. The Morgan fingerprint density at radius 3 is 2.36 bits per heavy atom. The number of hydrogen-bond donors (Lipinski definition) is 0. The monoisotopic (exact) mass is 193 g/mol. The van der Waals surface area contributed by atoms with E-state index in [-0.39, 0.29) is 0 Å². The number of rotatable bonds is 3. The summed E-state index contributed by atoms with van der Waals surface area (Å²) in [6.45, 7) is 6.61. The molecule has 14 heavy (non-hydrogen) atoms. The summed E-state index contributed by atoms with van der Waals surface area (Å²) in [5.74, 6) is 0. The molecular weight excluding hydrogens is 178 g/mol. The summed E-state index contributed by atoms with van der Waals surface area (Å²) in [4.78, 5) is 7.66. The zero-order chi connectivity index (χ0) is 10.8. The Hall–Kier alpha value is -1.63. The van der Waals surface area contributed by atoms with Crippen molar-refractivity contribution < 1.29 is 4.74 Å². The SMILES string of the molecule is CC.CCCOc1ncc(C#N)cn1. The van der Waals surface area contributed by atoms with Gasteiger partial charge >= 0.3 is 6.01 Å². The van der Waals surface area contributed by atoms with Crippen LogP contribution in [0, 0.1) is 11.3 Å². The average molecular weight is 193 g/mol. The molecule has 0 N–H and O–H groups in total. The molecule has 0 unspecified atom stereocenters. The van der Waals surface area contributed by atoms with Gasteiger partial charge in [0, 0.05) is 0 Å². The molecular formula is C10H15N3O. The lowest BCUT2D eigenvalue weighted by Gasteiger charge is -1.99. The van der Waals surface area contributed by atoms with E-state index in [2.05, 4.69) is 9.97 Å². The van der Waals surface area contributed by atoms with E-state index in [0.29, 0.717) is 18.2 Å². The Bertz CT molecular complexity index is 276. The Balaban J connectivity index is 0.000000791. The topological polar surface area (TPSA) is 58.8 Å². The molecule has 0 radical (unpaired) electrons. The van der Waals surface area contributed by atoms with Crippen LogP contribution in [0.15, 0.2) is 12.4 Å². The first-order valence-electron chi connectivity index (χ1n) is 4.71. The Labute approximate surface area is 84.6 Å². The van der Waals surface area contributed by atoms with Gasteiger partial charge in [-0.05, 0) is 6.42 Å². The minimum atomic E-state index is 0.329. The molecule has 0 saturated carbocycles. The second-order valence-electron chi connectivity index (χ2n) is 2.21. The van der Waals surface area contributed by atoms with Crippen LogP contribution in [0.3, 0.4) is 0 Å². The molecule has 1 aromatic rings. The third kappa shape index (κ3) is 4.41. The quantitative estimate of drug-likeness (QED) is 0.738. The maximum Gasteiger partial charge on any atom is 0.316 e. The van der Waals surface area contributed by atoms with Crippen molar-refractivity contribution in [2.45, 2.75) is 27.2 Å². The van der Waals surface area contributed by atoms with Crippen LogP contribution in [0.5, 0.6) is 6.01 Å². The van der Waals surface area contributed by atoms with Crippen LogP contribution in [-0.4, -0.2) is 16.6 Å². The van der Waals surface area contributed by atoms with Gasteiger partial charge in [0.1, 0.15) is 6.07 Å². The molecule has 1 heterocycles. The van der Waals surface area contributed by atoms with Crippen LogP contribution in [0.1, 0.15) is 32.8 Å². The highest BCUT2D eigenvalue weighted by molar-refractivity contribution is 5.22. The first-order chi connectivity index (χ1) is 6.86. The van der Waals surface area contributed by atoms with E-state index >= 15 is 0 Å². The van der Waals surface area contributed by atoms with Gasteiger partial charge in [0.25, 0.3) is 0 Å². The molecule has 1 aromatic heterocycles. The summed E-state index contributed by atoms with van der Waals surface area (Å²) < 4.78 is 5.12. The summed E-state index contributed by atoms with van der Waals surface area (Å²) in [5.41, 5.74) is 0.443. The standard InChI is InChI=1S/C8H9N3O.C2H6/c1-2-3-12-8-10-5-7(4-9)6-11-8;1-2/h5-6H,2-3H2,1H3;1-2H3. The van der Waals surface area contributed by atoms with Gasteiger partial charge in [-0.1, -0.05) is 20.8 Å². The van der Waals surface area contributed by atoms with Crippen molar-refractivity contribution in [1.82, 2.24) is 9.97 Å². The molecule has 1 rings (SSSR count). The second kappa shape index (κ2) is 7.99. The molecule has 0 saturated heterocycles. The molecule has 0 fully saturated rings. The largest absolute Gasteiger partial charge is 0.463 e. The minimum Gasteiger partial charge on any atom is -0.463 e. The van der Waals surface area contributed by atoms with Crippen LogP contribution in [0.4, 0.5) is 0 Å². The average Bonchev–Trinajstić information content (AvgIpc) is 2.30. The highest BCUT2D eigenvalue weighted by Crippen LogP contribution is 2.01. The Morgan fingerprint density at radius 1 is 1.36 bits per heavy atom. The lowest BCUT2D eigenvalue weighted by molar-refractivity contribution is 0.292. The lowest BCUT2D eigenvalue weighted by Crippen LogP contribution is -1.99. The second-order valence-corrected chi connectivity index (χ2v) is 2.21. The normalized spacial score (nSPS) is 8.14. The maximum atomic E-state index is 8.43. The van der Waals surface area contributed by atoms with E-state index in [0.717, 1.165) is 6.42 Å². The van der Waals surface area contributed by atoms with Gasteiger partial charge in [0.2, 0.25) is 0 Å². The molecule has 4 heteroatoms. The molecule has 0 aromatic carbocycles. The minimum absolute atomic E-state index is 0.329. The fraction of sp³-hybridized carbons (Fsp3) is 0.500. The fourth-order valence-corrected chi connectivity index (χ4v) is 0.642. The number of hydrogen-bond acceptors (Lipinski definition) is 4. The van der Waals surface area contributed by atoms with Crippen molar-refractivity contribution in [3.8, 4) is 12.1 Å². The van der Waals surface area contributed by atoms with E-state index in [9.17, 15) is 0 Å². The van der Waals surface area contributed by atoms with Crippen LogP contribution >= 0.6 is 0 Å². The summed E-state index contributed by atoms with van der Waals surface area (Å²) in [6, 6.07) is 2.26. The molecule has 0 aliphatic heterocycles. The van der Waals surface area contributed by atoms with Gasteiger partial charge in [-0.25, -0.2) is 9.97 Å². The number of nitrogens with zero attached hydrogens (tertiary/aromatic N) is 3. The molecule has 0 spiro atoms. The van der Waals surface area contributed by atoms with Gasteiger partial charge in [-0.2, -0.15) is 5.26 Å². The van der Waals surface area contributed by atoms with E-state index < -0.39 is 0 Å². The number of ether oxygens (including phenoxy) is 1. The summed E-state index contributed by atoms with van der Waals surface area (Å²) >= 11 is 0. The highest BCUT2D eigenvalue weighted by atomic mass is 16.5. The van der Waals surface area contributed by atoms with Crippen molar-refractivity contribution in [2.75, 3.05) is 6.61 Å². The fourth-order valence-electron chi connectivity index (χ4n) is 0.642. The van der Waals surface area contributed by atoms with E-state index in [1.54, 1.807) is 0 Å². The molecule has 0 aliphatic rings. The van der Waals surface area contributed by atoms with Crippen LogP contribution in [0.2, 0.25) is 0 Å². The van der Waals surface area contributed by atoms with Crippen LogP contribution in [-0.2, 0) is 0 Å². The lowest BCUT2D eigenvalue weighted by atomic mass is 10.4. The predicted molar refractivity (Wildman–Crippen MR) is 53.9 cm³/mol. The van der Waals surface area contributed by atoms with E-state index in [4.69, 9.17) is 10.00 Å². The smallest absolute Gasteiger partial charge is 0.316 e. The summed E-state index contributed by atoms with van der Waals surface area (Å²) in [7, 11) is 0. The molecule has 4 nitrogen and oxygen atoms in total. The van der Waals surface area contributed by atoms with Crippen molar-refractivity contribution in [3.05, 3.63) is 18.0 Å². The van der Waals surface area contributed by atoms with Crippen LogP contribution < -0.4 is 4.74 Å². The van der Waals surface area contributed by atoms with Crippen molar-refractivity contribution in [2.24, 2.45) is 0 Å². The van der Waals surface area contributed by atoms with Gasteiger partial charge in [-0.3, -0.25) is 0 Å². The Morgan fingerprint density at radius 2 is 1.93 bits per heavy atom. The van der Waals surface area contributed by atoms with E-state index in [1.165, 1.54) is 12.4 Å². The molecule has 0 atom stereocenters. The predicted octanol–water partition coefficient (Wildman–Crippen LogP) is 2.16. The first kappa shape index (κ1) is 12.4. The summed E-state index contributed by atoms with van der Waals surface area (Å²) in [6.07, 6.45) is 3.80. The van der Waals surface area contributed by atoms with Crippen LogP contribution in [0.25, 0.3) is 0 Å². The molecule has 0 aliphatic carbocycles. The van der Waals surface area contributed by atoms with E-state index in [1.807, 2.05) is 26.8 Å². The Kier molecular flexibility index (Phi) is 7.06. The van der Waals surface area contributed by atoms with Crippen molar-refractivity contribution in [1.29, 1.82) is 5.26 Å². The molecule has 76 valence electrons. The zero-order valence-electron chi connectivity index (χ0n) is 8.82. The van der Waals surface area contributed by atoms with Gasteiger partial charge in [0.05, 0.1) is 24.6 Å². The van der Waals surface area contributed by atoms with Crippen molar-refractivity contribution in [3.63, 3.8) is 0 Å². The van der Waals surface area contributed by atoms with Gasteiger partial charge < -0.3 is 4.74 Å².